The molecule has 0 saturated heterocycles. The quantitative estimate of drug-likeness (QED) is 0.748. The summed E-state index contributed by atoms with van der Waals surface area (Å²) in [6.07, 6.45) is 3.93. The van der Waals surface area contributed by atoms with Crippen molar-refractivity contribution in [1.29, 1.82) is 0 Å². The predicted molar refractivity (Wildman–Crippen MR) is 88.6 cm³/mol. The lowest BCUT2D eigenvalue weighted by molar-refractivity contribution is 0.522. The van der Waals surface area contributed by atoms with Crippen molar-refractivity contribution in [3.63, 3.8) is 0 Å². The van der Waals surface area contributed by atoms with Crippen molar-refractivity contribution in [2.45, 2.75) is 25.8 Å². The predicted octanol–water partition coefficient (Wildman–Crippen LogP) is 3.97. The second-order valence-electron chi connectivity index (χ2n) is 5.18. The van der Waals surface area contributed by atoms with E-state index < -0.39 is 0 Å². The average molecular weight is 297 g/mol. The Hall–Kier alpha value is -1.78. The first-order valence-electron chi connectivity index (χ1n) is 7.36. The van der Waals surface area contributed by atoms with E-state index in [0.29, 0.717) is 0 Å². The molecule has 0 aliphatic rings. The molecule has 21 heavy (non-hydrogen) atoms. The minimum atomic E-state index is 0.231. The van der Waals surface area contributed by atoms with E-state index in [2.05, 4.69) is 63.5 Å². The molecular weight excluding hydrogens is 278 g/mol. The fraction of sp³-hybridized carbons (Fsp3) is 0.294. The lowest BCUT2D eigenvalue weighted by atomic mass is 9.97. The van der Waals surface area contributed by atoms with Gasteiger partial charge in [-0.3, -0.25) is 0 Å². The Labute approximate surface area is 129 Å². The van der Waals surface area contributed by atoms with E-state index in [1.165, 1.54) is 28.1 Å². The Kier molecular flexibility index (Phi) is 4.58. The van der Waals surface area contributed by atoms with E-state index in [4.69, 9.17) is 0 Å². The molecule has 1 aromatic heterocycles. The van der Waals surface area contributed by atoms with Gasteiger partial charge in [-0.1, -0.05) is 49.4 Å². The second kappa shape index (κ2) is 6.78. The van der Waals surface area contributed by atoms with Gasteiger partial charge in [-0.2, -0.15) is 8.75 Å². The fourth-order valence-corrected chi connectivity index (χ4v) is 3.09. The highest BCUT2D eigenvalue weighted by Gasteiger charge is 2.15. The average Bonchev–Trinajstić information content (AvgIpc) is 3.06. The molecule has 2 aromatic carbocycles. The van der Waals surface area contributed by atoms with Gasteiger partial charge in [0.15, 0.2) is 0 Å². The van der Waals surface area contributed by atoms with Crippen molar-refractivity contribution >= 4 is 22.5 Å². The van der Waals surface area contributed by atoms with Gasteiger partial charge in [0.1, 0.15) is 0 Å². The summed E-state index contributed by atoms with van der Waals surface area (Å²) in [5.41, 5.74) is 2.40. The maximum Gasteiger partial charge on any atom is 0.0915 e. The molecule has 0 amide bonds. The molecule has 3 rings (SSSR count). The number of hydrogen-bond acceptors (Lipinski definition) is 4. The Bertz CT molecular complexity index is 689. The highest BCUT2D eigenvalue weighted by Crippen LogP contribution is 2.24. The molecule has 108 valence electrons. The highest BCUT2D eigenvalue weighted by molar-refractivity contribution is 6.99. The van der Waals surface area contributed by atoms with Crippen LogP contribution in [0.3, 0.4) is 0 Å². The summed E-state index contributed by atoms with van der Waals surface area (Å²) in [6, 6.07) is 15.3. The zero-order chi connectivity index (χ0) is 14.5. The number of nitrogens with one attached hydrogen (secondary N) is 1. The summed E-state index contributed by atoms with van der Waals surface area (Å²) < 4.78 is 8.56. The summed E-state index contributed by atoms with van der Waals surface area (Å²) in [7, 11) is 0. The van der Waals surface area contributed by atoms with Crippen LogP contribution in [0.4, 0.5) is 0 Å². The first-order chi connectivity index (χ1) is 10.4. The minimum absolute atomic E-state index is 0.231. The topological polar surface area (TPSA) is 37.8 Å². The third-order valence-electron chi connectivity index (χ3n) is 3.68. The summed E-state index contributed by atoms with van der Waals surface area (Å²) in [4.78, 5) is 0. The van der Waals surface area contributed by atoms with Crippen molar-refractivity contribution in [1.82, 2.24) is 14.1 Å². The summed E-state index contributed by atoms with van der Waals surface area (Å²) in [5.74, 6) is 0. The van der Waals surface area contributed by atoms with Crippen LogP contribution < -0.4 is 5.32 Å². The molecule has 0 fully saturated rings. The van der Waals surface area contributed by atoms with Gasteiger partial charge in [0.25, 0.3) is 0 Å². The van der Waals surface area contributed by atoms with E-state index >= 15 is 0 Å². The zero-order valence-electron chi connectivity index (χ0n) is 12.1. The highest BCUT2D eigenvalue weighted by atomic mass is 32.1. The summed E-state index contributed by atoms with van der Waals surface area (Å²) >= 11 is 1.28. The Morgan fingerprint density at radius 3 is 2.81 bits per heavy atom. The smallest absolute Gasteiger partial charge is 0.0915 e. The lowest BCUT2D eigenvalue weighted by Crippen LogP contribution is -2.24. The van der Waals surface area contributed by atoms with Crippen molar-refractivity contribution in [3.05, 3.63) is 59.9 Å². The van der Waals surface area contributed by atoms with Crippen molar-refractivity contribution in [3.8, 4) is 0 Å². The number of rotatable bonds is 6. The van der Waals surface area contributed by atoms with Crippen molar-refractivity contribution in [2.75, 3.05) is 6.54 Å². The number of benzene rings is 2. The third-order valence-corrected chi connectivity index (χ3v) is 4.17. The molecule has 0 aliphatic heterocycles. The van der Waals surface area contributed by atoms with E-state index in [9.17, 15) is 0 Å². The third kappa shape index (κ3) is 3.28. The van der Waals surface area contributed by atoms with Gasteiger partial charge in [0, 0.05) is 0 Å². The van der Waals surface area contributed by atoms with Gasteiger partial charge in [-0.15, -0.1) is 0 Å². The number of fused-ring (bicyclic) bond motifs is 1. The van der Waals surface area contributed by atoms with Crippen LogP contribution in [0.15, 0.2) is 48.7 Å². The lowest BCUT2D eigenvalue weighted by Gasteiger charge is -2.17. The van der Waals surface area contributed by atoms with Gasteiger partial charge < -0.3 is 5.32 Å². The molecule has 0 spiro atoms. The molecule has 0 bridgehead atoms. The summed E-state index contributed by atoms with van der Waals surface area (Å²) in [6.45, 7) is 3.17. The Balaban J connectivity index is 1.90. The van der Waals surface area contributed by atoms with Gasteiger partial charge in [-0.05, 0) is 35.7 Å². The van der Waals surface area contributed by atoms with E-state index in [0.717, 1.165) is 25.1 Å². The molecule has 1 heterocycles. The molecule has 4 heteroatoms. The molecule has 0 aliphatic carbocycles. The summed E-state index contributed by atoms with van der Waals surface area (Å²) in [5, 5.41) is 6.21. The molecule has 1 unspecified atom stereocenters. The maximum absolute atomic E-state index is 4.41. The van der Waals surface area contributed by atoms with Gasteiger partial charge >= 0.3 is 0 Å². The molecule has 3 nitrogen and oxygen atoms in total. The number of aromatic nitrogens is 2. The van der Waals surface area contributed by atoms with E-state index in [1.54, 1.807) is 0 Å². The van der Waals surface area contributed by atoms with Gasteiger partial charge in [-0.25, -0.2) is 0 Å². The molecule has 3 aromatic rings. The van der Waals surface area contributed by atoms with E-state index in [-0.39, 0.29) is 6.04 Å². The largest absolute Gasteiger partial charge is 0.308 e. The van der Waals surface area contributed by atoms with Crippen LogP contribution in [0.2, 0.25) is 0 Å². The zero-order valence-corrected chi connectivity index (χ0v) is 12.9. The van der Waals surface area contributed by atoms with Gasteiger partial charge in [0.2, 0.25) is 0 Å². The monoisotopic (exact) mass is 297 g/mol. The minimum Gasteiger partial charge on any atom is -0.308 e. The second-order valence-corrected chi connectivity index (χ2v) is 5.74. The van der Waals surface area contributed by atoms with Crippen molar-refractivity contribution < 1.29 is 0 Å². The first-order valence-corrected chi connectivity index (χ1v) is 8.09. The van der Waals surface area contributed by atoms with Gasteiger partial charge in [0.05, 0.1) is 29.7 Å². The van der Waals surface area contributed by atoms with Crippen LogP contribution in [-0.4, -0.2) is 15.3 Å². The number of nitrogens with zero attached hydrogens (tertiary/aromatic N) is 2. The van der Waals surface area contributed by atoms with Crippen LogP contribution in [0.25, 0.3) is 10.8 Å². The standard InChI is InChI=1S/C17H19N3S/c1-2-10-18-16(17-12-19-21-20-17)11-14-8-5-7-13-6-3-4-9-15(13)14/h3-9,12,16,18H,2,10-11H2,1H3. The maximum atomic E-state index is 4.41. The molecular formula is C17H19N3S. The van der Waals surface area contributed by atoms with Crippen LogP contribution in [0, 0.1) is 0 Å². The molecule has 0 radical (unpaired) electrons. The van der Waals surface area contributed by atoms with Crippen molar-refractivity contribution in [2.24, 2.45) is 0 Å². The number of hydrogen-bond donors (Lipinski definition) is 1. The molecule has 1 N–H and O–H groups in total. The van der Waals surface area contributed by atoms with Crippen LogP contribution in [0.5, 0.6) is 0 Å². The van der Waals surface area contributed by atoms with Crippen LogP contribution in [0.1, 0.15) is 30.6 Å². The normalized spacial score (nSPS) is 12.6. The fourth-order valence-electron chi connectivity index (χ4n) is 2.62. The molecule has 1 atom stereocenters. The first kappa shape index (κ1) is 14.2. The SMILES string of the molecule is CCCNC(Cc1cccc2ccccc12)c1cnsn1. The Morgan fingerprint density at radius 2 is 2.00 bits per heavy atom. The van der Waals surface area contributed by atoms with Crippen LogP contribution in [-0.2, 0) is 6.42 Å². The van der Waals surface area contributed by atoms with E-state index in [1.807, 2.05) is 6.20 Å². The molecule has 0 saturated carbocycles. The Morgan fingerprint density at radius 1 is 1.14 bits per heavy atom. The van der Waals surface area contributed by atoms with Crippen LogP contribution >= 0.6 is 11.7 Å².